The first-order chi connectivity index (χ1) is 5.59. The summed E-state index contributed by atoms with van der Waals surface area (Å²) in [6.45, 7) is 3.37. The van der Waals surface area contributed by atoms with E-state index in [4.69, 9.17) is 4.74 Å². The molecule has 0 aromatic carbocycles. The molecule has 1 atom stereocenters. The maximum Gasteiger partial charge on any atom is 0.511 e. The lowest BCUT2D eigenvalue weighted by Crippen LogP contribution is -2.22. The second-order valence-electron chi connectivity index (χ2n) is 2.70. The molecule has 1 aliphatic rings. The molecule has 5 nitrogen and oxygen atoms in total. The zero-order valence-corrected chi connectivity index (χ0v) is 6.90. The highest BCUT2D eigenvalue weighted by molar-refractivity contribution is 5.72. The first-order valence-corrected chi connectivity index (χ1v) is 3.63. The lowest BCUT2D eigenvalue weighted by molar-refractivity contribution is -0.166. The van der Waals surface area contributed by atoms with E-state index in [1.807, 2.05) is 0 Å². The third kappa shape index (κ3) is 2.11. The molecule has 0 saturated carbocycles. The third-order valence-electron chi connectivity index (χ3n) is 1.28. The number of ether oxygens (including phenoxy) is 3. The summed E-state index contributed by atoms with van der Waals surface area (Å²) in [5.74, 6) is -0.636. The standard InChI is InChI=1S/C7H10O5/c1-4(2)6(8)11-5-3-10-7(9)12-5/h4-5H,3H2,1-2H3. The van der Waals surface area contributed by atoms with Gasteiger partial charge in [0.05, 0.1) is 5.92 Å². The summed E-state index contributed by atoms with van der Waals surface area (Å²) in [4.78, 5) is 21.3. The van der Waals surface area contributed by atoms with E-state index >= 15 is 0 Å². The van der Waals surface area contributed by atoms with Crippen molar-refractivity contribution in [2.75, 3.05) is 6.61 Å². The Labute approximate surface area is 69.6 Å². The Morgan fingerprint density at radius 2 is 2.33 bits per heavy atom. The fourth-order valence-corrected chi connectivity index (χ4v) is 0.635. The minimum atomic E-state index is -0.868. The summed E-state index contributed by atoms with van der Waals surface area (Å²) in [6.07, 6.45) is -1.66. The molecule has 0 bridgehead atoms. The average molecular weight is 174 g/mol. The number of hydrogen-bond donors (Lipinski definition) is 0. The highest BCUT2D eigenvalue weighted by Gasteiger charge is 2.28. The van der Waals surface area contributed by atoms with Gasteiger partial charge >= 0.3 is 12.1 Å². The fourth-order valence-electron chi connectivity index (χ4n) is 0.635. The van der Waals surface area contributed by atoms with E-state index in [1.165, 1.54) is 0 Å². The molecule has 1 saturated heterocycles. The number of cyclic esters (lactones) is 2. The SMILES string of the molecule is CC(C)C(=O)OC1COC(=O)O1. The van der Waals surface area contributed by atoms with Crippen LogP contribution < -0.4 is 0 Å². The monoisotopic (exact) mass is 174 g/mol. The van der Waals surface area contributed by atoms with Gasteiger partial charge in [0.25, 0.3) is 6.29 Å². The Hall–Kier alpha value is -1.26. The van der Waals surface area contributed by atoms with Crippen molar-refractivity contribution in [1.82, 2.24) is 0 Å². The molecule has 12 heavy (non-hydrogen) atoms. The number of carbonyl (C=O) groups excluding carboxylic acids is 2. The Kier molecular flexibility index (Phi) is 2.52. The van der Waals surface area contributed by atoms with Crippen molar-refractivity contribution in [2.45, 2.75) is 20.1 Å². The van der Waals surface area contributed by atoms with Crippen molar-refractivity contribution >= 4 is 12.1 Å². The summed E-state index contributed by atoms with van der Waals surface area (Å²) in [5, 5.41) is 0. The van der Waals surface area contributed by atoms with Crippen LogP contribution in [-0.4, -0.2) is 25.0 Å². The molecule has 0 N–H and O–H groups in total. The van der Waals surface area contributed by atoms with Gasteiger partial charge in [-0.3, -0.25) is 4.79 Å². The van der Waals surface area contributed by atoms with Crippen LogP contribution in [-0.2, 0) is 19.0 Å². The molecule has 0 aliphatic carbocycles. The fraction of sp³-hybridized carbons (Fsp3) is 0.714. The molecule has 0 spiro atoms. The van der Waals surface area contributed by atoms with Crippen LogP contribution in [0.25, 0.3) is 0 Å². The Bertz CT molecular complexity index is 198. The summed E-state index contributed by atoms with van der Waals surface area (Å²) in [6, 6.07) is 0. The minimum absolute atomic E-state index is 0.0166. The molecule has 0 radical (unpaired) electrons. The van der Waals surface area contributed by atoms with Crippen molar-refractivity contribution in [3.8, 4) is 0 Å². The van der Waals surface area contributed by atoms with Crippen LogP contribution >= 0.6 is 0 Å². The molecule has 1 heterocycles. The van der Waals surface area contributed by atoms with Crippen LogP contribution in [0.1, 0.15) is 13.8 Å². The molecule has 0 aromatic rings. The van der Waals surface area contributed by atoms with Gasteiger partial charge in [0.1, 0.15) is 0 Å². The van der Waals surface area contributed by atoms with Crippen molar-refractivity contribution in [2.24, 2.45) is 5.92 Å². The lowest BCUT2D eigenvalue weighted by atomic mass is 10.2. The van der Waals surface area contributed by atoms with Gasteiger partial charge in [-0.15, -0.1) is 0 Å². The molecule has 5 heteroatoms. The molecule has 0 amide bonds. The zero-order chi connectivity index (χ0) is 9.14. The summed E-state index contributed by atoms with van der Waals surface area (Å²) in [5.41, 5.74) is 0. The van der Waals surface area contributed by atoms with Crippen LogP contribution in [0.5, 0.6) is 0 Å². The van der Waals surface area contributed by atoms with Crippen LogP contribution in [0, 0.1) is 5.92 Å². The van der Waals surface area contributed by atoms with Crippen molar-refractivity contribution in [3.63, 3.8) is 0 Å². The predicted molar refractivity (Wildman–Crippen MR) is 37.2 cm³/mol. The highest BCUT2D eigenvalue weighted by Crippen LogP contribution is 2.09. The number of hydrogen-bond acceptors (Lipinski definition) is 5. The van der Waals surface area contributed by atoms with Gasteiger partial charge in [0.2, 0.25) is 0 Å². The van der Waals surface area contributed by atoms with Gasteiger partial charge in [-0.2, -0.15) is 0 Å². The van der Waals surface area contributed by atoms with Crippen molar-refractivity contribution < 1.29 is 23.8 Å². The molecule has 1 fully saturated rings. The summed E-state index contributed by atoms with van der Waals surface area (Å²) >= 11 is 0. The maximum absolute atomic E-state index is 10.9. The molecular formula is C7H10O5. The number of carbonyl (C=O) groups is 2. The van der Waals surface area contributed by atoms with Gasteiger partial charge in [-0.25, -0.2) is 4.79 Å². The number of rotatable bonds is 2. The van der Waals surface area contributed by atoms with Crippen LogP contribution in [0.2, 0.25) is 0 Å². The van der Waals surface area contributed by atoms with Gasteiger partial charge in [-0.05, 0) is 0 Å². The normalized spacial score (nSPS) is 21.9. The predicted octanol–water partition coefficient (Wildman–Crippen LogP) is 0.678. The third-order valence-corrected chi connectivity index (χ3v) is 1.28. The van der Waals surface area contributed by atoms with E-state index in [1.54, 1.807) is 13.8 Å². The highest BCUT2D eigenvalue weighted by atomic mass is 16.8. The molecule has 1 rings (SSSR count). The smallest absolute Gasteiger partial charge is 0.426 e. The summed E-state index contributed by atoms with van der Waals surface area (Å²) < 4.78 is 13.6. The second kappa shape index (κ2) is 3.42. The zero-order valence-electron chi connectivity index (χ0n) is 6.90. The van der Waals surface area contributed by atoms with Crippen LogP contribution in [0.4, 0.5) is 4.79 Å². The van der Waals surface area contributed by atoms with Gasteiger partial charge in [0, 0.05) is 0 Å². The largest absolute Gasteiger partial charge is 0.511 e. The maximum atomic E-state index is 10.9. The molecular weight excluding hydrogens is 164 g/mol. The van der Waals surface area contributed by atoms with Gasteiger partial charge in [0.15, 0.2) is 6.61 Å². The van der Waals surface area contributed by atoms with E-state index in [9.17, 15) is 9.59 Å². The van der Waals surface area contributed by atoms with E-state index < -0.39 is 18.4 Å². The topological polar surface area (TPSA) is 61.8 Å². The van der Waals surface area contributed by atoms with Crippen molar-refractivity contribution in [3.05, 3.63) is 0 Å². The first-order valence-electron chi connectivity index (χ1n) is 3.63. The minimum Gasteiger partial charge on any atom is -0.426 e. The van der Waals surface area contributed by atoms with E-state index in [-0.39, 0.29) is 12.5 Å². The summed E-state index contributed by atoms with van der Waals surface area (Å²) in [7, 11) is 0. The quantitative estimate of drug-likeness (QED) is 0.576. The van der Waals surface area contributed by atoms with Gasteiger partial charge in [-0.1, -0.05) is 13.8 Å². The second-order valence-corrected chi connectivity index (χ2v) is 2.70. The van der Waals surface area contributed by atoms with Crippen molar-refractivity contribution in [1.29, 1.82) is 0 Å². The average Bonchev–Trinajstić information content (AvgIpc) is 2.35. The Morgan fingerprint density at radius 3 is 2.75 bits per heavy atom. The van der Waals surface area contributed by atoms with Crippen LogP contribution in [0.3, 0.4) is 0 Å². The van der Waals surface area contributed by atoms with Gasteiger partial charge < -0.3 is 14.2 Å². The van der Waals surface area contributed by atoms with E-state index in [2.05, 4.69) is 9.47 Å². The van der Waals surface area contributed by atoms with E-state index in [0.717, 1.165) is 0 Å². The molecule has 0 aromatic heterocycles. The first kappa shape index (κ1) is 8.83. The Balaban J connectivity index is 2.32. The van der Waals surface area contributed by atoms with E-state index in [0.29, 0.717) is 0 Å². The Morgan fingerprint density at radius 1 is 1.67 bits per heavy atom. The molecule has 1 aliphatic heterocycles. The van der Waals surface area contributed by atoms with Crippen LogP contribution in [0.15, 0.2) is 0 Å². The number of esters is 1. The lowest BCUT2D eigenvalue weighted by Gasteiger charge is -2.09. The molecule has 1 unspecified atom stereocenters. The molecule has 68 valence electrons.